The number of hydrogen-bond donors (Lipinski definition) is 0. The Morgan fingerprint density at radius 3 is 1.30 bits per heavy atom. The summed E-state index contributed by atoms with van der Waals surface area (Å²) in [7, 11) is 0. The lowest BCUT2D eigenvalue weighted by atomic mass is 10.0. The second-order valence-corrected chi connectivity index (χ2v) is 7.44. The highest BCUT2D eigenvalue weighted by Gasteiger charge is 1.95. The van der Waals surface area contributed by atoms with Crippen LogP contribution in [0, 0.1) is 0 Å². The molecule has 0 spiro atoms. The molecular weight excluding hydrogens is 328 g/mol. The van der Waals surface area contributed by atoms with Crippen molar-refractivity contribution in [3.63, 3.8) is 0 Å². The Morgan fingerprint density at radius 1 is 0.481 bits per heavy atom. The van der Waals surface area contributed by atoms with Crippen molar-refractivity contribution < 1.29 is 0 Å². The molecule has 2 nitrogen and oxygen atoms in total. The molecule has 0 saturated heterocycles. The van der Waals surface area contributed by atoms with Crippen LogP contribution in [0.25, 0.3) is 0 Å². The number of aromatic nitrogens is 2. The molecule has 0 radical (unpaired) electrons. The Labute approximate surface area is 165 Å². The second-order valence-electron chi connectivity index (χ2n) is 7.44. The molecule has 3 rings (SSSR count). The quantitative estimate of drug-likeness (QED) is 0.491. The van der Waals surface area contributed by atoms with Gasteiger partial charge >= 0.3 is 0 Å². The van der Waals surface area contributed by atoms with E-state index in [1.165, 1.54) is 16.7 Å². The molecule has 3 aromatic rings. The van der Waals surface area contributed by atoms with Crippen molar-refractivity contribution in [2.75, 3.05) is 0 Å². The first-order valence-electron chi connectivity index (χ1n) is 9.76. The Morgan fingerprint density at radius 2 is 0.963 bits per heavy atom. The molecule has 0 aliphatic rings. The molecule has 0 saturated carbocycles. The highest BCUT2D eigenvalue weighted by molar-refractivity contribution is 5.17. The van der Waals surface area contributed by atoms with Crippen molar-refractivity contribution in [3.8, 4) is 0 Å². The van der Waals surface area contributed by atoms with E-state index in [1.807, 2.05) is 42.9 Å². The van der Waals surface area contributed by atoms with Crippen LogP contribution >= 0.6 is 0 Å². The largest absolute Gasteiger partial charge is 0.265 e. The minimum absolute atomic E-state index is 0.596. The average Bonchev–Trinajstić information content (AvgIpc) is 2.71. The van der Waals surface area contributed by atoms with E-state index in [1.54, 1.807) is 6.20 Å². The summed E-state index contributed by atoms with van der Waals surface area (Å²) in [6.45, 7) is 13.1. The van der Waals surface area contributed by atoms with Gasteiger partial charge in [0.1, 0.15) is 0 Å². The van der Waals surface area contributed by atoms with Gasteiger partial charge in [0.25, 0.3) is 0 Å². The Balaban J connectivity index is 0.000000202. The van der Waals surface area contributed by atoms with Crippen LogP contribution in [0.5, 0.6) is 0 Å². The summed E-state index contributed by atoms with van der Waals surface area (Å²) in [5, 5.41) is 0. The lowest BCUT2D eigenvalue weighted by Gasteiger charge is -2.01. The number of pyridine rings is 2. The molecule has 0 N–H and O–H groups in total. The lowest BCUT2D eigenvalue weighted by molar-refractivity contribution is 0.858. The third-order valence-electron chi connectivity index (χ3n) is 4.19. The molecule has 0 amide bonds. The van der Waals surface area contributed by atoms with Crippen LogP contribution in [0.3, 0.4) is 0 Å². The Hall–Kier alpha value is -2.48. The van der Waals surface area contributed by atoms with E-state index in [2.05, 4.69) is 81.8 Å². The number of rotatable bonds is 3. The number of benzene rings is 1. The van der Waals surface area contributed by atoms with E-state index < -0.39 is 0 Å². The fourth-order valence-electron chi connectivity index (χ4n) is 2.30. The Kier molecular flexibility index (Phi) is 10.7. The van der Waals surface area contributed by atoms with E-state index in [-0.39, 0.29) is 0 Å². The lowest BCUT2D eigenvalue weighted by Crippen LogP contribution is -1.85. The molecule has 0 aliphatic carbocycles. The van der Waals surface area contributed by atoms with Gasteiger partial charge in [0.2, 0.25) is 0 Å². The summed E-state index contributed by atoms with van der Waals surface area (Å²) in [5.41, 5.74) is 4.07. The third kappa shape index (κ3) is 9.69. The van der Waals surface area contributed by atoms with Crippen LogP contribution in [0.15, 0.2) is 79.4 Å². The zero-order valence-electron chi connectivity index (χ0n) is 17.6. The first-order chi connectivity index (χ1) is 12.9. The van der Waals surface area contributed by atoms with Gasteiger partial charge in [0.05, 0.1) is 0 Å². The maximum atomic E-state index is 4.01. The normalized spacial score (nSPS) is 10.1. The van der Waals surface area contributed by atoms with Crippen LogP contribution < -0.4 is 0 Å². The van der Waals surface area contributed by atoms with Gasteiger partial charge in [0, 0.05) is 24.8 Å². The smallest absolute Gasteiger partial charge is 0.0302 e. The molecule has 0 aliphatic heterocycles. The molecule has 144 valence electrons. The van der Waals surface area contributed by atoms with Crippen molar-refractivity contribution in [1.29, 1.82) is 0 Å². The minimum atomic E-state index is 0.596. The van der Waals surface area contributed by atoms with E-state index >= 15 is 0 Å². The molecule has 0 fully saturated rings. The molecule has 27 heavy (non-hydrogen) atoms. The molecule has 1 aromatic carbocycles. The van der Waals surface area contributed by atoms with Gasteiger partial charge < -0.3 is 0 Å². The van der Waals surface area contributed by atoms with E-state index in [0.29, 0.717) is 17.8 Å². The molecule has 0 unspecified atom stereocenters. The van der Waals surface area contributed by atoms with E-state index in [0.717, 1.165) is 0 Å². The second kappa shape index (κ2) is 12.8. The average molecular weight is 363 g/mol. The topological polar surface area (TPSA) is 25.8 Å². The van der Waals surface area contributed by atoms with Crippen LogP contribution in [0.2, 0.25) is 0 Å². The van der Waals surface area contributed by atoms with Crippen LogP contribution in [-0.4, -0.2) is 9.97 Å². The van der Waals surface area contributed by atoms with Gasteiger partial charge in [-0.25, -0.2) is 0 Å². The van der Waals surface area contributed by atoms with Gasteiger partial charge in [-0.05, 0) is 52.6 Å². The Bertz CT molecular complexity index is 602. The monoisotopic (exact) mass is 362 g/mol. The standard InChI is InChI=1S/C9H12.2C8H11N/c1-8(2)9-6-4-3-5-7-9;1-7(2)8-3-5-9-6-4-8;1-7(2)8-4-3-5-9-6-8/h3-8H,1-2H3;2*3-7H,1-2H3. The maximum Gasteiger partial charge on any atom is 0.0302 e. The van der Waals surface area contributed by atoms with Crippen molar-refractivity contribution in [2.45, 2.75) is 59.3 Å². The summed E-state index contributed by atoms with van der Waals surface area (Å²) < 4.78 is 0. The fraction of sp³-hybridized carbons (Fsp3) is 0.360. The zero-order valence-corrected chi connectivity index (χ0v) is 17.6. The molecule has 0 atom stereocenters. The highest BCUT2D eigenvalue weighted by Crippen LogP contribution is 2.12. The number of nitrogens with zero attached hydrogens (tertiary/aromatic N) is 2. The van der Waals surface area contributed by atoms with Crippen molar-refractivity contribution >= 4 is 0 Å². The number of hydrogen-bond acceptors (Lipinski definition) is 2. The first-order valence-corrected chi connectivity index (χ1v) is 9.76. The molecular formula is C25H34N2. The molecule has 2 heteroatoms. The van der Waals surface area contributed by atoms with Crippen molar-refractivity contribution in [2.24, 2.45) is 0 Å². The fourth-order valence-corrected chi connectivity index (χ4v) is 2.30. The van der Waals surface area contributed by atoms with Crippen LogP contribution in [-0.2, 0) is 0 Å². The summed E-state index contributed by atoms with van der Waals surface area (Å²) in [5.74, 6) is 1.87. The van der Waals surface area contributed by atoms with E-state index in [9.17, 15) is 0 Å². The van der Waals surface area contributed by atoms with Gasteiger partial charge in [-0.15, -0.1) is 0 Å². The molecule has 2 aromatic heterocycles. The van der Waals surface area contributed by atoms with Crippen molar-refractivity contribution in [1.82, 2.24) is 9.97 Å². The summed E-state index contributed by atoms with van der Waals surface area (Å²) in [6.07, 6.45) is 7.36. The first kappa shape index (κ1) is 22.6. The predicted octanol–water partition coefficient (Wildman–Crippen LogP) is 7.22. The highest BCUT2D eigenvalue weighted by atomic mass is 14.6. The van der Waals surface area contributed by atoms with Crippen LogP contribution in [0.4, 0.5) is 0 Å². The van der Waals surface area contributed by atoms with Crippen LogP contribution in [0.1, 0.15) is 76.0 Å². The molecule has 2 heterocycles. The van der Waals surface area contributed by atoms with Gasteiger partial charge in [-0.3, -0.25) is 9.97 Å². The summed E-state index contributed by atoms with van der Waals surface area (Å²) >= 11 is 0. The SMILES string of the molecule is CC(C)c1ccccc1.CC(C)c1cccnc1.CC(C)c1ccncc1. The molecule has 0 bridgehead atoms. The predicted molar refractivity (Wildman–Crippen MR) is 117 cm³/mol. The summed E-state index contributed by atoms with van der Waals surface area (Å²) in [4.78, 5) is 7.93. The maximum absolute atomic E-state index is 4.01. The van der Waals surface area contributed by atoms with Gasteiger partial charge in [-0.2, -0.15) is 0 Å². The zero-order chi connectivity index (χ0) is 20.1. The van der Waals surface area contributed by atoms with E-state index in [4.69, 9.17) is 0 Å². The van der Waals surface area contributed by atoms with Gasteiger partial charge in [-0.1, -0.05) is 77.9 Å². The third-order valence-corrected chi connectivity index (χ3v) is 4.19. The van der Waals surface area contributed by atoms with Gasteiger partial charge in [0.15, 0.2) is 0 Å². The summed E-state index contributed by atoms with van der Waals surface area (Å²) in [6, 6.07) is 18.7. The van der Waals surface area contributed by atoms with Crippen molar-refractivity contribution in [3.05, 3.63) is 96.1 Å². The minimum Gasteiger partial charge on any atom is -0.265 e.